The van der Waals surface area contributed by atoms with Crippen molar-refractivity contribution in [3.63, 3.8) is 0 Å². The fourth-order valence-electron chi connectivity index (χ4n) is 1.61. The van der Waals surface area contributed by atoms with Crippen molar-refractivity contribution < 1.29 is 14.3 Å². The van der Waals surface area contributed by atoms with E-state index in [0.29, 0.717) is 18.5 Å². The topological polar surface area (TPSA) is 81.4 Å². The minimum atomic E-state index is -0.461. The number of carbonyl (C=O) groups is 2. The van der Waals surface area contributed by atoms with Crippen LogP contribution in [0.25, 0.3) is 0 Å². The summed E-state index contributed by atoms with van der Waals surface area (Å²) in [6.45, 7) is 2.38. The number of hydrogen-bond acceptors (Lipinski definition) is 4. The predicted octanol–water partition coefficient (Wildman–Crippen LogP) is 0.827. The second-order valence-corrected chi connectivity index (χ2v) is 3.93. The Morgan fingerprint density at radius 1 is 1.44 bits per heavy atom. The van der Waals surface area contributed by atoms with Gasteiger partial charge in [0.05, 0.1) is 7.11 Å². The number of methoxy groups -OCH3 is 1. The van der Waals surface area contributed by atoms with E-state index < -0.39 is 5.91 Å². The lowest BCUT2D eigenvalue weighted by Gasteiger charge is -2.14. The fourth-order valence-corrected chi connectivity index (χ4v) is 1.61. The van der Waals surface area contributed by atoms with Gasteiger partial charge in [0, 0.05) is 12.1 Å². The molecule has 0 radical (unpaired) electrons. The lowest BCUT2D eigenvalue weighted by molar-refractivity contribution is -0.143. The molecule has 0 aliphatic heterocycles. The molecule has 0 saturated heterocycles. The fraction of sp³-hybridized carbons (Fsp3) is 0.385. The standard InChI is InChI=1S/C13H18N2O3/c1-3-11(13(17)18-2)15-8-9-5-4-6-10(7-9)12(14)16/h4-7,11,15H,3,8H2,1-2H3,(H2,14,16). The number of hydrogen-bond donors (Lipinski definition) is 2. The molecule has 1 aromatic rings. The maximum Gasteiger partial charge on any atom is 0.322 e. The molecule has 0 heterocycles. The number of carbonyl (C=O) groups excluding carboxylic acids is 2. The zero-order valence-electron chi connectivity index (χ0n) is 10.6. The SMILES string of the molecule is CCC(NCc1cccc(C(N)=O)c1)C(=O)OC. The van der Waals surface area contributed by atoms with E-state index >= 15 is 0 Å². The quantitative estimate of drug-likeness (QED) is 0.733. The Morgan fingerprint density at radius 2 is 2.17 bits per heavy atom. The van der Waals surface area contributed by atoms with E-state index in [2.05, 4.69) is 10.1 Å². The van der Waals surface area contributed by atoms with Crippen LogP contribution in [0.5, 0.6) is 0 Å². The molecule has 0 saturated carbocycles. The molecule has 5 nitrogen and oxygen atoms in total. The molecule has 1 amide bonds. The third kappa shape index (κ3) is 3.85. The minimum absolute atomic E-state index is 0.288. The normalized spacial score (nSPS) is 11.9. The smallest absolute Gasteiger partial charge is 0.322 e. The summed E-state index contributed by atoms with van der Waals surface area (Å²) < 4.78 is 4.68. The van der Waals surface area contributed by atoms with E-state index in [1.807, 2.05) is 13.0 Å². The maximum atomic E-state index is 11.4. The zero-order chi connectivity index (χ0) is 13.5. The average Bonchev–Trinajstić information content (AvgIpc) is 2.39. The first-order valence-electron chi connectivity index (χ1n) is 5.78. The van der Waals surface area contributed by atoms with Gasteiger partial charge in [0.1, 0.15) is 6.04 Å². The molecule has 98 valence electrons. The Bertz CT molecular complexity index is 432. The van der Waals surface area contributed by atoms with Crippen molar-refractivity contribution in [2.75, 3.05) is 7.11 Å². The monoisotopic (exact) mass is 250 g/mol. The lowest BCUT2D eigenvalue weighted by atomic mass is 10.1. The molecule has 1 rings (SSSR count). The Balaban J connectivity index is 2.65. The summed E-state index contributed by atoms with van der Waals surface area (Å²) in [4.78, 5) is 22.4. The molecule has 0 aliphatic rings. The summed E-state index contributed by atoms with van der Waals surface area (Å²) in [5.41, 5.74) is 6.56. The molecule has 0 spiro atoms. The second kappa shape index (κ2) is 6.76. The number of ether oxygens (including phenoxy) is 1. The van der Waals surface area contributed by atoms with Gasteiger partial charge >= 0.3 is 5.97 Å². The van der Waals surface area contributed by atoms with Crippen LogP contribution in [0.15, 0.2) is 24.3 Å². The predicted molar refractivity (Wildman–Crippen MR) is 67.9 cm³/mol. The van der Waals surface area contributed by atoms with Crippen LogP contribution in [0.1, 0.15) is 29.3 Å². The highest BCUT2D eigenvalue weighted by Gasteiger charge is 2.15. The molecular weight excluding hydrogens is 232 g/mol. The van der Waals surface area contributed by atoms with Gasteiger partial charge in [-0.15, -0.1) is 0 Å². The van der Waals surface area contributed by atoms with Crippen LogP contribution in [0, 0.1) is 0 Å². The van der Waals surface area contributed by atoms with E-state index in [9.17, 15) is 9.59 Å². The van der Waals surface area contributed by atoms with Crippen molar-refractivity contribution in [1.82, 2.24) is 5.32 Å². The largest absolute Gasteiger partial charge is 0.468 e. The Morgan fingerprint density at radius 3 is 2.72 bits per heavy atom. The number of amides is 1. The highest BCUT2D eigenvalue weighted by atomic mass is 16.5. The Kier molecular flexibility index (Phi) is 5.32. The van der Waals surface area contributed by atoms with Gasteiger partial charge in [-0.1, -0.05) is 19.1 Å². The van der Waals surface area contributed by atoms with Crippen LogP contribution in [0.3, 0.4) is 0 Å². The van der Waals surface area contributed by atoms with E-state index in [4.69, 9.17) is 5.73 Å². The summed E-state index contributed by atoms with van der Waals surface area (Å²) in [5.74, 6) is -0.750. The van der Waals surface area contributed by atoms with Crippen LogP contribution >= 0.6 is 0 Å². The van der Waals surface area contributed by atoms with Crippen molar-refractivity contribution in [2.24, 2.45) is 5.73 Å². The highest BCUT2D eigenvalue weighted by molar-refractivity contribution is 5.92. The van der Waals surface area contributed by atoms with Gasteiger partial charge in [0.15, 0.2) is 0 Å². The van der Waals surface area contributed by atoms with Crippen LogP contribution < -0.4 is 11.1 Å². The number of benzene rings is 1. The number of primary amides is 1. The first-order chi connectivity index (χ1) is 8.58. The summed E-state index contributed by atoms with van der Waals surface area (Å²) in [5, 5.41) is 3.08. The van der Waals surface area contributed by atoms with Crippen molar-refractivity contribution in [3.8, 4) is 0 Å². The van der Waals surface area contributed by atoms with Gasteiger partial charge in [-0.3, -0.25) is 9.59 Å². The maximum absolute atomic E-state index is 11.4. The van der Waals surface area contributed by atoms with Gasteiger partial charge in [0.2, 0.25) is 5.91 Å². The van der Waals surface area contributed by atoms with Crippen LogP contribution in [-0.2, 0) is 16.1 Å². The molecule has 5 heteroatoms. The molecule has 0 fully saturated rings. The van der Waals surface area contributed by atoms with Gasteiger partial charge in [-0.05, 0) is 24.1 Å². The molecule has 1 aromatic carbocycles. The Hall–Kier alpha value is -1.88. The molecule has 3 N–H and O–H groups in total. The first kappa shape index (κ1) is 14.2. The molecule has 1 atom stereocenters. The number of nitrogens with one attached hydrogen (secondary N) is 1. The molecule has 1 unspecified atom stereocenters. The molecule has 0 aliphatic carbocycles. The van der Waals surface area contributed by atoms with Crippen molar-refractivity contribution >= 4 is 11.9 Å². The van der Waals surface area contributed by atoms with Gasteiger partial charge in [-0.25, -0.2) is 0 Å². The molecular formula is C13H18N2O3. The number of rotatable bonds is 6. The first-order valence-corrected chi connectivity index (χ1v) is 5.78. The van der Waals surface area contributed by atoms with E-state index in [1.54, 1.807) is 18.2 Å². The Labute approximate surface area is 106 Å². The number of nitrogens with two attached hydrogens (primary N) is 1. The van der Waals surface area contributed by atoms with Crippen LogP contribution in [0.4, 0.5) is 0 Å². The number of esters is 1. The van der Waals surface area contributed by atoms with E-state index in [-0.39, 0.29) is 12.0 Å². The van der Waals surface area contributed by atoms with Gasteiger partial charge in [-0.2, -0.15) is 0 Å². The van der Waals surface area contributed by atoms with Gasteiger partial charge < -0.3 is 15.8 Å². The van der Waals surface area contributed by atoms with Crippen LogP contribution in [-0.4, -0.2) is 25.0 Å². The minimum Gasteiger partial charge on any atom is -0.468 e. The zero-order valence-corrected chi connectivity index (χ0v) is 10.6. The van der Waals surface area contributed by atoms with Crippen molar-refractivity contribution in [3.05, 3.63) is 35.4 Å². The summed E-state index contributed by atoms with van der Waals surface area (Å²) >= 11 is 0. The van der Waals surface area contributed by atoms with Crippen LogP contribution in [0.2, 0.25) is 0 Å². The molecule has 0 aromatic heterocycles. The second-order valence-electron chi connectivity index (χ2n) is 3.93. The third-order valence-electron chi connectivity index (χ3n) is 2.66. The van der Waals surface area contributed by atoms with Crippen molar-refractivity contribution in [2.45, 2.75) is 25.9 Å². The summed E-state index contributed by atoms with van der Waals surface area (Å²) in [6.07, 6.45) is 0.641. The third-order valence-corrected chi connectivity index (χ3v) is 2.66. The van der Waals surface area contributed by atoms with Crippen molar-refractivity contribution in [1.29, 1.82) is 0 Å². The molecule has 18 heavy (non-hydrogen) atoms. The van der Waals surface area contributed by atoms with E-state index in [0.717, 1.165) is 5.56 Å². The lowest BCUT2D eigenvalue weighted by Crippen LogP contribution is -2.36. The van der Waals surface area contributed by atoms with Gasteiger partial charge in [0.25, 0.3) is 0 Å². The summed E-state index contributed by atoms with van der Waals surface area (Å²) in [7, 11) is 1.36. The summed E-state index contributed by atoms with van der Waals surface area (Å²) in [6, 6.07) is 6.65. The molecule has 0 bridgehead atoms. The van der Waals surface area contributed by atoms with E-state index in [1.165, 1.54) is 7.11 Å². The highest BCUT2D eigenvalue weighted by Crippen LogP contribution is 2.05. The average molecular weight is 250 g/mol.